The highest BCUT2D eigenvalue weighted by Crippen LogP contribution is 2.55. The second kappa shape index (κ2) is 10.6. The average molecular weight is 575 g/mol. The van der Waals surface area contributed by atoms with Crippen molar-refractivity contribution in [2.45, 2.75) is 31.0 Å². The molecule has 4 nitrogen and oxygen atoms in total. The van der Waals surface area contributed by atoms with E-state index >= 15 is 0 Å². The molecule has 2 unspecified atom stereocenters. The molecule has 2 aliphatic rings. The lowest BCUT2D eigenvalue weighted by Crippen LogP contribution is -2.52. The maximum absolute atomic E-state index is 14.4. The summed E-state index contributed by atoms with van der Waals surface area (Å²) in [6.45, 7) is 1.41. The number of ether oxygens (including phenoxy) is 1. The molecule has 0 radical (unpaired) electrons. The first-order valence-corrected chi connectivity index (χ1v) is 15.4. The van der Waals surface area contributed by atoms with Gasteiger partial charge < -0.3 is 14.5 Å². The van der Waals surface area contributed by atoms with E-state index in [4.69, 9.17) is 4.74 Å². The molecule has 4 heteroatoms. The molecule has 0 N–H and O–H groups in total. The molecule has 0 bridgehead atoms. The number of hydrogen-bond acceptors (Lipinski definition) is 3. The number of carbonyl (C=O) groups is 1. The lowest BCUT2D eigenvalue weighted by Gasteiger charge is -2.39. The number of amides is 1. The van der Waals surface area contributed by atoms with Gasteiger partial charge in [0.25, 0.3) is 5.91 Å². The number of anilines is 1. The number of para-hydroxylation sites is 1. The Morgan fingerprint density at radius 1 is 0.727 bits per heavy atom. The molecule has 0 aliphatic carbocycles. The van der Waals surface area contributed by atoms with Crippen molar-refractivity contribution >= 4 is 33.1 Å². The Bertz CT molecular complexity index is 2010. The largest absolute Gasteiger partial charge is 0.497 e. The van der Waals surface area contributed by atoms with Crippen molar-refractivity contribution in [3.05, 3.63) is 156 Å². The summed E-state index contributed by atoms with van der Waals surface area (Å²) in [6, 6.07) is 46.9. The molecule has 2 heterocycles. The van der Waals surface area contributed by atoms with Crippen molar-refractivity contribution in [1.82, 2.24) is 4.90 Å². The monoisotopic (exact) mass is 574 g/mol. The van der Waals surface area contributed by atoms with Crippen LogP contribution in [-0.2, 0) is 18.4 Å². The predicted molar refractivity (Wildman–Crippen MR) is 178 cm³/mol. The van der Waals surface area contributed by atoms with Gasteiger partial charge in [-0.15, -0.1) is 0 Å². The zero-order valence-electron chi connectivity index (χ0n) is 24.8. The Balaban J connectivity index is 1.29. The number of benzene rings is 6. The van der Waals surface area contributed by atoms with Crippen LogP contribution in [0.3, 0.4) is 0 Å². The number of nitrogens with zero attached hydrogens (tertiary/aromatic N) is 2. The van der Waals surface area contributed by atoms with Gasteiger partial charge in [0.1, 0.15) is 11.9 Å². The molecular weight excluding hydrogens is 540 g/mol. The van der Waals surface area contributed by atoms with E-state index in [9.17, 15) is 4.79 Å². The summed E-state index contributed by atoms with van der Waals surface area (Å²) in [6.07, 6.45) is 1.62. The highest BCUT2D eigenvalue weighted by molar-refractivity contribution is 5.96. The van der Waals surface area contributed by atoms with Crippen molar-refractivity contribution in [3.8, 4) is 5.75 Å². The van der Waals surface area contributed by atoms with Crippen LogP contribution in [0.1, 0.15) is 33.5 Å². The van der Waals surface area contributed by atoms with E-state index in [1.807, 2.05) is 24.3 Å². The van der Waals surface area contributed by atoms with Gasteiger partial charge in [-0.3, -0.25) is 4.79 Å². The van der Waals surface area contributed by atoms with Gasteiger partial charge in [0.2, 0.25) is 0 Å². The molecule has 1 fully saturated rings. The van der Waals surface area contributed by atoms with Crippen molar-refractivity contribution in [2.75, 3.05) is 18.6 Å². The number of methoxy groups -OCH3 is 1. The van der Waals surface area contributed by atoms with Crippen LogP contribution in [0, 0.1) is 0 Å². The number of fused-ring (bicyclic) bond motifs is 5. The molecule has 6 aromatic carbocycles. The number of likely N-dealkylation sites (tertiary alicyclic amines) is 1. The highest BCUT2D eigenvalue weighted by atomic mass is 16.5. The third kappa shape index (κ3) is 4.16. The van der Waals surface area contributed by atoms with E-state index in [1.54, 1.807) is 7.11 Å². The first kappa shape index (κ1) is 26.5. The highest BCUT2D eigenvalue weighted by Gasteiger charge is 2.58. The molecule has 6 aromatic rings. The van der Waals surface area contributed by atoms with Crippen molar-refractivity contribution in [2.24, 2.45) is 0 Å². The van der Waals surface area contributed by atoms with E-state index in [-0.39, 0.29) is 17.5 Å². The maximum atomic E-state index is 14.4. The fraction of sp³-hybridized carbons (Fsp3) is 0.175. The standard InChI is InChI=1S/C40H34N2O2/c1-44-33-22-20-30(21-23-33)38(43)41-25-24-40(26-31-14-8-12-28-10-2-4-16-34(28)31)36-18-6-7-19-37(36)42(39(40)41)27-32-15-9-13-29-11-3-5-17-35(29)32/h2-23,39H,24-27H2,1H3. The second-order valence-corrected chi connectivity index (χ2v) is 12.1. The Labute approximate surface area is 258 Å². The van der Waals surface area contributed by atoms with Gasteiger partial charge in [0, 0.05) is 29.8 Å². The zero-order valence-corrected chi connectivity index (χ0v) is 24.8. The SMILES string of the molecule is COc1ccc(C(=O)N2CCC3(Cc4cccc5ccccc45)c4ccccc4N(Cc4cccc5ccccc45)C23)cc1. The van der Waals surface area contributed by atoms with Crippen LogP contribution in [0.25, 0.3) is 21.5 Å². The molecule has 0 aromatic heterocycles. The smallest absolute Gasteiger partial charge is 0.255 e. The topological polar surface area (TPSA) is 32.8 Å². The molecule has 8 rings (SSSR count). The van der Waals surface area contributed by atoms with Gasteiger partial charge in [-0.2, -0.15) is 0 Å². The van der Waals surface area contributed by atoms with Gasteiger partial charge >= 0.3 is 0 Å². The van der Waals surface area contributed by atoms with Crippen molar-refractivity contribution in [1.29, 1.82) is 0 Å². The van der Waals surface area contributed by atoms with E-state index < -0.39 is 0 Å². The van der Waals surface area contributed by atoms with E-state index in [0.29, 0.717) is 18.7 Å². The summed E-state index contributed by atoms with van der Waals surface area (Å²) in [7, 11) is 1.65. The van der Waals surface area contributed by atoms with Crippen molar-refractivity contribution in [3.63, 3.8) is 0 Å². The van der Waals surface area contributed by atoms with Crippen LogP contribution in [0.5, 0.6) is 5.75 Å². The van der Waals surface area contributed by atoms with E-state index in [1.165, 1.54) is 43.9 Å². The summed E-state index contributed by atoms with van der Waals surface area (Å²) in [5.41, 5.74) is 5.58. The minimum absolute atomic E-state index is 0.0631. The molecule has 44 heavy (non-hydrogen) atoms. The van der Waals surface area contributed by atoms with Gasteiger partial charge in [0.15, 0.2) is 0 Å². The van der Waals surface area contributed by atoms with Crippen LogP contribution in [0.4, 0.5) is 5.69 Å². The lowest BCUT2D eigenvalue weighted by atomic mass is 9.73. The molecule has 216 valence electrons. The quantitative estimate of drug-likeness (QED) is 0.200. The normalized spacial score (nSPS) is 18.9. The number of hydrogen-bond donors (Lipinski definition) is 0. The molecule has 0 saturated carbocycles. The van der Waals surface area contributed by atoms with E-state index in [0.717, 1.165) is 18.6 Å². The summed E-state index contributed by atoms with van der Waals surface area (Å²) < 4.78 is 5.39. The van der Waals surface area contributed by atoms with Crippen molar-refractivity contribution < 1.29 is 9.53 Å². The van der Waals surface area contributed by atoms with Crippen LogP contribution >= 0.6 is 0 Å². The van der Waals surface area contributed by atoms with Crippen LogP contribution in [-0.4, -0.2) is 30.6 Å². The molecule has 2 aliphatic heterocycles. The lowest BCUT2D eigenvalue weighted by molar-refractivity contribution is 0.0709. The van der Waals surface area contributed by atoms with E-state index in [2.05, 4.69) is 119 Å². The predicted octanol–water partition coefficient (Wildman–Crippen LogP) is 8.37. The second-order valence-electron chi connectivity index (χ2n) is 12.1. The van der Waals surface area contributed by atoms with Gasteiger partial charge in [0.05, 0.1) is 7.11 Å². The van der Waals surface area contributed by atoms with Crippen LogP contribution < -0.4 is 9.64 Å². The first-order chi connectivity index (χ1) is 21.7. The van der Waals surface area contributed by atoms with Crippen LogP contribution in [0.2, 0.25) is 0 Å². The van der Waals surface area contributed by atoms with Crippen LogP contribution in [0.15, 0.2) is 133 Å². The number of rotatable bonds is 6. The van der Waals surface area contributed by atoms with Gasteiger partial charge in [-0.05, 0) is 81.4 Å². The summed E-state index contributed by atoms with van der Waals surface area (Å²) in [5.74, 6) is 0.812. The molecular formula is C40H34N2O2. The summed E-state index contributed by atoms with van der Waals surface area (Å²) in [4.78, 5) is 19.1. The average Bonchev–Trinajstić information content (AvgIpc) is 3.58. The maximum Gasteiger partial charge on any atom is 0.255 e. The zero-order chi connectivity index (χ0) is 29.7. The molecule has 1 amide bonds. The Morgan fingerprint density at radius 2 is 1.34 bits per heavy atom. The van der Waals surface area contributed by atoms with Gasteiger partial charge in [-0.25, -0.2) is 0 Å². The summed E-state index contributed by atoms with van der Waals surface area (Å²) in [5, 5.41) is 5.02. The molecule has 1 saturated heterocycles. The molecule has 2 atom stereocenters. The third-order valence-electron chi connectivity index (χ3n) is 9.84. The molecule has 0 spiro atoms. The minimum atomic E-state index is -0.257. The Hall–Kier alpha value is -5.09. The van der Waals surface area contributed by atoms with Gasteiger partial charge in [-0.1, -0.05) is 103 Å². The number of carbonyl (C=O) groups excluding carboxylic acids is 1. The first-order valence-electron chi connectivity index (χ1n) is 15.4. The fourth-order valence-electron chi connectivity index (χ4n) is 7.85. The minimum Gasteiger partial charge on any atom is -0.497 e. The Kier molecular flexibility index (Phi) is 6.37. The Morgan fingerprint density at radius 3 is 2.07 bits per heavy atom. The summed E-state index contributed by atoms with van der Waals surface area (Å²) >= 11 is 0. The third-order valence-corrected chi connectivity index (χ3v) is 9.84. The fourth-order valence-corrected chi connectivity index (χ4v) is 7.85.